The predicted octanol–water partition coefficient (Wildman–Crippen LogP) is 1.21. The molecule has 0 bridgehead atoms. The van der Waals surface area contributed by atoms with E-state index in [0.29, 0.717) is 0 Å². The molecule has 0 aliphatic heterocycles. The molecule has 0 saturated heterocycles. The first-order valence-corrected chi connectivity index (χ1v) is 5.09. The first-order chi connectivity index (χ1) is 7.24. The van der Waals surface area contributed by atoms with Crippen molar-refractivity contribution in [3.8, 4) is 0 Å². The van der Waals surface area contributed by atoms with Gasteiger partial charge in [0.15, 0.2) is 0 Å². The SMILES string of the molecule is O=C(O)C(CNF)NSc1ccccc1. The van der Waals surface area contributed by atoms with Crippen molar-refractivity contribution < 1.29 is 14.4 Å². The van der Waals surface area contributed by atoms with Crippen molar-refractivity contribution in [3.05, 3.63) is 30.3 Å². The molecule has 1 aromatic carbocycles. The maximum atomic E-state index is 11.8. The van der Waals surface area contributed by atoms with Gasteiger partial charge in [-0.05, 0) is 24.1 Å². The number of carboxylic acid groups (broad SMARTS) is 1. The molecule has 1 atom stereocenters. The van der Waals surface area contributed by atoms with Crippen LogP contribution in [0.4, 0.5) is 4.48 Å². The Morgan fingerprint density at radius 1 is 1.47 bits per heavy atom. The molecule has 0 aliphatic rings. The smallest absolute Gasteiger partial charge is 0.323 e. The average Bonchev–Trinajstić information content (AvgIpc) is 2.25. The highest BCUT2D eigenvalue weighted by Crippen LogP contribution is 2.13. The molecule has 0 amide bonds. The molecule has 3 N–H and O–H groups in total. The molecule has 0 fully saturated rings. The van der Waals surface area contributed by atoms with Crippen molar-refractivity contribution in [1.29, 1.82) is 0 Å². The highest BCUT2D eigenvalue weighted by molar-refractivity contribution is 7.97. The van der Waals surface area contributed by atoms with Crippen LogP contribution in [0.1, 0.15) is 0 Å². The van der Waals surface area contributed by atoms with Crippen LogP contribution in [-0.2, 0) is 4.79 Å². The van der Waals surface area contributed by atoms with Crippen LogP contribution in [0.25, 0.3) is 0 Å². The van der Waals surface area contributed by atoms with Crippen molar-refractivity contribution in [2.45, 2.75) is 10.9 Å². The van der Waals surface area contributed by atoms with Crippen LogP contribution >= 0.6 is 11.9 Å². The number of rotatable bonds is 6. The summed E-state index contributed by atoms with van der Waals surface area (Å²) in [7, 11) is 0. The van der Waals surface area contributed by atoms with E-state index < -0.39 is 12.0 Å². The van der Waals surface area contributed by atoms with Gasteiger partial charge in [-0.3, -0.25) is 4.79 Å². The molecule has 4 nitrogen and oxygen atoms in total. The third-order valence-electron chi connectivity index (χ3n) is 1.64. The normalized spacial score (nSPS) is 12.3. The van der Waals surface area contributed by atoms with Gasteiger partial charge in [0, 0.05) is 4.90 Å². The Labute approximate surface area is 90.9 Å². The standard InChI is InChI=1S/C9H11FN2O2S/c10-11-6-8(9(13)14)12-15-7-4-2-1-3-5-7/h1-5,8,11-12H,6H2,(H,13,14). The Morgan fingerprint density at radius 2 is 2.13 bits per heavy atom. The monoisotopic (exact) mass is 230 g/mol. The van der Waals surface area contributed by atoms with Gasteiger partial charge in [-0.1, -0.05) is 18.2 Å². The minimum atomic E-state index is -1.09. The molecule has 0 saturated carbocycles. The maximum absolute atomic E-state index is 11.8. The van der Waals surface area contributed by atoms with E-state index in [1.165, 1.54) is 5.54 Å². The molecule has 0 heterocycles. The zero-order chi connectivity index (χ0) is 11.1. The summed E-state index contributed by atoms with van der Waals surface area (Å²) in [5.74, 6) is -1.09. The first-order valence-electron chi connectivity index (χ1n) is 4.27. The molecular formula is C9H11FN2O2S. The predicted molar refractivity (Wildman–Crippen MR) is 56.0 cm³/mol. The molecule has 0 spiro atoms. The van der Waals surface area contributed by atoms with Gasteiger partial charge in [-0.2, -0.15) is 5.54 Å². The highest BCUT2D eigenvalue weighted by atomic mass is 32.2. The second kappa shape index (κ2) is 6.39. The average molecular weight is 230 g/mol. The van der Waals surface area contributed by atoms with E-state index in [9.17, 15) is 9.28 Å². The molecule has 1 rings (SSSR count). The van der Waals surface area contributed by atoms with Crippen LogP contribution in [0.3, 0.4) is 0 Å². The van der Waals surface area contributed by atoms with E-state index in [2.05, 4.69) is 4.72 Å². The lowest BCUT2D eigenvalue weighted by Crippen LogP contribution is -2.39. The summed E-state index contributed by atoms with van der Waals surface area (Å²) in [5.41, 5.74) is 1.33. The van der Waals surface area contributed by atoms with Crippen molar-refractivity contribution >= 4 is 17.9 Å². The van der Waals surface area contributed by atoms with E-state index in [-0.39, 0.29) is 6.54 Å². The number of carboxylic acids is 1. The Morgan fingerprint density at radius 3 is 2.67 bits per heavy atom. The second-order valence-electron chi connectivity index (χ2n) is 2.76. The summed E-state index contributed by atoms with van der Waals surface area (Å²) in [5, 5.41) is 8.70. The molecule has 6 heteroatoms. The summed E-state index contributed by atoms with van der Waals surface area (Å²) in [6.45, 7) is -0.269. The van der Waals surface area contributed by atoms with Crippen LogP contribution in [0.5, 0.6) is 0 Å². The van der Waals surface area contributed by atoms with Gasteiger partial charge in [0.25, 0.3) is 0 Å². The van der Waals surface area contributed by atoms with Crippen LogP contribution in [0.2, 0.25) is 0 Å². The van der Waals surface area contributed by atoms with Crippen LogP contribution in [0.15, 0.2) is 35.2 Å². The van der Waals surface area contributed by atoms with Gasteiger partial charge in [0.2, 0.25) is 0 Å². The van der Waals surface area contributed by atoms with Gasteiger partial charge in [0.1, 0.15) is 6.04 Å². The van der Waals surface area contributed by atoms with Gasteiger partial charge < -0.3 is 5.11 Å². The van der Waals surface area contributed by atoms with Crippen LogP contribution in [0, 0.1) is 0 Å². The molecule has 1 unspecified atom stereocenters. The number of hydrogen-bond acceptors (Lipinski definition) is 4. The second-order valence-corrected chi connectivity index (χ2v) is 3.67. The lowest BCUT2D eigenvalue weighted by molar-refractivity contribution is -0.139. The molecule has 0 radical (unpaired) electrons. The third kappa shape index (κ3) is 4.28. The van der Waals surface area contributed by atoms with Crippen molar-refractivity contribution in [2.75, 3.05) is 6.54 Å². The Bertz CT molecular complexity index is 310. The Balaban J connectivity index is 2.43. The fourth-order valence-corrected chi connectivity index (χ4v) is 1.64. The lowest BCUT2D eigenvalue weighted by atomic mass is 10.3. The lowest BCUT2D eigenvalue weighted by Gasteiger charge is -2.11. The molecular weight excluding hydrogens is 219 g/mol. The van der Waals surface area contributed by atoms with Gasteiger partial charge in [-0.15, -0.1) is 4.48 Å². The van der Waals surface area contributed by atoms with E-state index in [0.717, 1.165) is 16.8 Å². The summed E-state index contributed by atoms with van der Waals surface area (Å²) < 4.78 is 14.4. The fraction of sp³-hybridized carbons (Fsp3) is 0.222. The minimum absolute atomic E-state index is 0.269. The third-order valence-corrected chi connectivity index (χ3v) is 2.55. The van der Waals surface area contributed by atoms with Gasteiger partial charge in [-0.25, -0.2) is 4.72 Å². The van der Waals surface area contributed by atoms with Crippen molar-refractivity contribution in [2.24, 2.45) is 0 Å². The van der Waals surface area contributed by atoms with E-state index in [1.54, 1.807) is 0 Å². The fourth-order valence-electron chi connectivity index (χ4n) is 0.884. The van der Waals surface area contributed by atoms with E-state index in [4.69, 9.17) is 5.11 Å². The maximum Gasteiger partial charge on any atom is 0.323 e. The van der Waals surface area contributed by atoms with Crippen molar-refractivity contribution in [3.63, 3.8) is 0 Å². The molecule has 15 heavy (non-hydrogen) atoms. The topological polar surface area (TPSA) is 61.4 Å². The van der Waals surface area contributed by atoms with Gasteiger partial charge >= 0.3 is 5.97 Å². The van der Waals surface area contributed by atoms with Crippen LogP contribution < -0.4 is 10.3 Å². The number of aliphatic carboxylic acids is 1. The first kappa shape index (κ1) is 12.0. The number of benzene rings is 1. The number of halogens is 1. The Hall–Kier alpha value is -1.11. The quantitative estimate of drug-likeness (QED) is 0.506. The molecule has 0 aromatic heterocycles. The largest absolute Gasteiger partial charge is 0.480 e. The van der Waals surface area contributed by atoms with E-state index >= 15 is 0 Å². The summed E-state index contributed by atoms with van der Waals surface area (Å²) in [6.07, 6.45) is 0. The number of hydrogen-bond donors (Lipinski definition) is 3. The molecule has 82 valence electrons. The van der Waals surface area contributed by atoms with E-state index in [1.807, 2.05) is 30.3 Å². The van der Waals surface area contributed by atoms with Crippen LogP contribution in [-0.4, -0.2) is 23.7 Å². The van der Waals surface area contributed by atoms with Gasteiger partial charge in [0.05, 0.1) is 6.54 Å². The summed E-state index contributed by atoms with van der Waals surface area (Å²) in [4.78, 5) is 11.5. The highest BCUT2D eigenvalue weighted by Gasteiger charge is 2.16. The number of nitrogens with one attached hydrogen (secondary N) is 2. The Kier molecular flexibility index (Phi) is 5.09. The zero-order valence-electron chi connectivity index (χ0n) is 7.81. The zero-order valence-corrected chi connectivity index (χ0v) is 8.63. The molecule has 1 aromatic rings. The summed E-state index contributed by atoms with van der Waals surface area (Å²) in [6, 6.07) is 8.25. The molecule has 0 aliphatic carbocycles. The minimum Gasteiger partial charge on any atom is -0.480 e. The number of carbonyl (C=O) groups is 1. The summed E-state index contributed by atoms with van der Waals surface area (Å²) >= 11 is 1.16. The van der Waals surface area contributed by atoms with Crippen molar-refractivity contribution in [1.82, 2.24) is 10.3 Å².